The van der Waals surface area contributed by atoms with E-state index >= 15 is 0 Å². The number of ether oxygens (including phenoxy) is 1. The first-order chi connectivity index (χ1) is 8.93. The Hall–Kier alpha value is -1.79. The second kappa shape index (κ2) is 6.96. The number of methoxy groups -OCH3 is 1. The van der Waals surface area contributed by atoms with Gasteiger partial charge in [-0.15, -0.1) is 0 Å². The van der Waals surface area contributed by atoms with Crippen molar-refractivity contribution in [1.29, 1.82) is 0 Å². The largest absolute Gasteiger partial charge is 0.495 e. The molecule has 0 radical (unpaired) electrons. The van der Waals surface area contributed by atoms with Crippen LogP contribution in [0.4, 0.5) is 5.69 Å². The highest BCUT2D eigenvalue weighted by molar-refractivity contribution is 6.31. The zero-order valence-electron chi connectivity index (χ0n) is 10.6. The number of carboxylic acid groups (broad SMARTS) is 1. The van der Waals surface area contributed by atoms with Gasteiger partial charge in [0.15, 0.2) is 0 Å². The molecule has 0 aliphatic heterocycles. The van der Waals surface area contributed by atoms with Crippen LogP contribution in [0.2, 0.25) is 5.02 Å². The average Bonchev–Trinajstić information content (AvgIpc) is 2.36. The second-order valence-electron chi connectivity index (χ2n) is 3.83. The predicted octanol–water partition coefficient (Wildman–Crippen LogP) is 1.35. The number of hydrogen-bond donors (Lipinski definition) is 3. The minimum atomic E-state index is -1.02. The number of aliphatic carboxylic acids is 1. The molecule has 104 valence electrons. The lowest BCUT2D eigenvalue weighted by Crippen LogP contribution is -2.39. The molecule has 6 nitrogen and oxygen atoms in total. The number of carboxylic acids is 1. The summed E-state index contributed by atoms with van der Waals surface area (Å²) in [6.45, 7) is 1.33. The number of nitrogens with one attached hydrogen (secondary N) is 2. The van der Waals surface area contributed by atoms with E-state index in [1.807, 2.05) is 0 Å². The summed E-state index contributed by atoms with van der Waals surface area (Å²) in [4.78, 5) is 22.2. The van der Waals surface area contributed by atoms with Crippen molar-refractivity contribution in [2.75, 3.05) is 19.0 Å². The van der Waals surface area contributed by atoms with Crippen molar-refractivity contribution in [2.24, 2.45) is 0 Å². The van der Waals surface area contributed by atoms with Gasteiger partial charge in [0.05, 0.1) is 19.3 Å². The second-order valence-corrected chi connectivity index (χ2v) is 4.27. The number of carbonyl (C=O) groups is 2. The van der Waals surface area contributed by atoms with Crippen LogP contribution >= 0.6 is 11.6 Å². The lowest BCUT2D eigenvalue weighted by Gasteiger charge is -2.12. The van der Waals surface area contributed by atoms with Gasteiger partial charge in [-0.2, -0.15) is 0 Å². The topological polar surface area (TPSA) is 87.7 Å². The van der Waals surface area contributed by atoms with Crippen LogP contribution < -0.4 is 15.4 Å². The molecule has 1 aromatic rings. The summed E-state index contributed by atoms with van der Waals surface area (Å²) in [5, 5.41) is 14.3. The SMILES string of the molecule is COc1ccc(Cl)cc1NC(=O)CNC(C)C(=O)O. The number of carbonyl (C=O) groups excluding carboxylic acids is 1. The molecule has 1 unspecified atom stereocenters. The molecule has 1 rings (SSSR count). The molecular formula is C12H15ClN2O4. The summed E-state index contributed by atoms with van der Waals surface area (Å²) in [7, 11) is 1.48. The van der Waals surface area contributed by atoms with E-state index in [9.17, 15) is 9.59 Å². The molecular weight excluding hydrogens is 272 g/mol. The Kier molecular flexibility index (Phi) is 5.59. The summed E-state index contributed by atoms with van der Waals surface area (Å²) in [5.74, 6) is -0.925. The Morgan fingerprint density at radius 3 is 2.74 bits per heavy atom. The number of anilines is 1. The highest BCUT2D eigenvalue weighted by Crippen LogP contribution is 2.27. The molecule has 19 heavy (non-hydrogen) atoms. The van der Waals surface area contributed by atoms with Gasteiger partial charge in [0.1, 0.15) is 11.8 Å². The normalized spacial score (nSPS) is 11.7. The molecule has 0 fully saturated rings. The van der Waals surface area contributed by atoms with Gasteiger partial charge in [0.25, 0.3) is 0 Å². The zero-order chi connectivity index (χ0) is 14.4. The van der Waals surface area contributed by atoms with E-state index in [-0.39, 0.29) is 12.5 Å². The van der Waals surface area contributed by atoms with E-state index in [2.05, 4.69) is 10.6 Å². The molecule has 0 bridgehead atoms. The minimum absolute atomic E-state index is 0.122. The van der Waals surface area contributed by atoms with Crippen molar-refractivity contribution in [3.63, 3.8) is 0 Å². The molecule has 7 heteroatoms. The predicted molar refractivity (Wildman–Crippen MR) is 71.7 cm³/mol. The number of hydrogen-bond acceptors (Lipinski definition) is 4. The Labute approximate surface area is 115 Å². The number of amides is 1. The van der Waals surface area contributed by atoms with Gasteiger partial charge < -0.3 is 15.2 Å². The first-order valence-electron chi connectivity index (χ1n) is 5.53. The molecule has 0 heterocycles. The Morgan fingerprint density at radius 2 is 2.16 bits per heavy atom. The molecule has 3 N–H and O–H groups in total. The number of rotatable bonds is 6. The van der Waals surface area contributed by atoms with Crippen LogP contribution in [0.5, 0.6) is 5.75 Å². The lowest BCUT2D eigenvalue weighted by molar-refractivity contribution is -0.139. The van der Waals surface area contributed by atoms with Crippen molar-refractivity contribution in [3.8, 4) is 5.75 Å². The summed E-state index contributed by atoms with van der Waals surface area (Å²) < 4.78 is 5.08. The summed E-state index contributed by atoms with van der Waals surface area (Å²) in [6.07, 6.45) is 0. The van der Waals surface area contributed by atoms with E-state index in [0.717, 1.165) is 0 Å². The average molecular weight is 287 g/mol. The third kappa shape index (κ3) is 4.76. The van der Waals surface area contributed by atoms with Gasteiger partial charge in [-0.3, -0.25) is 14.9 Å². The lowest BCUT2D eigenvalue weighted by atomic mass is 10.3. The van der Waals surface area contributed by atoms with E-state index in [0.29, 0.717) is 16.5 Å². The molecule has 0 spiro atoms. The van der Waals surface area contributed by atoms with Crippen LogP contribution in [0.15, 0.2) is 18.2 Å². The highest BCUT2D eigenvalue weighted by Gasteiger charge is 2.13. The monoisotopic (exact) mass is 286 g/mol. The number of halogens is 1. The standard InChI is InChI=1S/C12H15ClN2O4/c1-7(12(17)18)14-6-11(16)15-9-5-8(13)3-4-10(9)19-2/h3-5,7,14H,6H2,1-2H3,(H,15,16)(H,17,18). The molecule has 0 aromatic heterocycles. The fraction of sp³-hybridized carbons (Fsp3) is 0.333. The molecule has 0 saturated carbocycles. The fourth-order valence-corrected chi connectivity index (χ4v) is 1.48. The third-order valence-electron chi connectivity index (χ3n) is 2.37. The van der Waals surface area contributed by atoms with E-state index in [4.69, 9.17) is 21.4 Å². The van der Waals surface area contributed by atoms with Gasteiger partial charge in [-0.25, -0.2) is 0 Å². The van der Waals surface area contributed by atoms with E-state index in [1.54, 1.807) is 18.2 Å². The van der Waals surface area contributed by atoms with Gasteiger partial charge in [-0.05, 0) is 25.1 Å². The zero-order valence-corrected chi connectivity index (χ0v) is 11.3. The van der Waals surface area contributed by atoms with Crippen LogP contribution in [0.3, 0.4) is 0 Å². The van der Waals surface area contributed by atoms with Crippen molar-refractivity contribution in [2.45, 2.75) is 13.0 Å². The third-order valence-corrected chi connectivity index (χ3v) is 2.61. The number of benzene rings is 1. The van der Waals surface area contributed by atoms with Gasteiger partial charge in [0.2, 0.25) is 5.91 Å². The first kappa shape index (κ1) is 15.3. The molecule has 0 aliphatic carbocycles. The van der Waals surface area contributed by atoms with Crippen molar-refractivity contribution in [1.82, 2.24) is 5.32 Å². The Morgan fingerprint density at radius 1 is 1.47 bits per heavy atom. The summed E-state index contributed by atoms with van der Waals surface area (Å²) in [5.41, 5.74) is 0.435. The van der Waals surface area contributed by atoms with Gasteiger partial charge in [0, 0.05) is 5.02 Å². The van der Waals surface area contributed by atoms with Gasteiger partial charge in [-0.1, -0.05) is 11.6 Å². The molecule has 1 amide bonds. The highest BCUT2D eigenvalue weighted by atomic mass is 35.5. The maximum atomic E-state index is 11.7. The van der Waals surface area contributed by atoms with Crippen LogP contribution in [0.25, 0.3) is 0 Å². The smallest absolute Gasteiger partial charge is 0.320 e. The van der Waals surface area contributed by atoms with Crippen molar-refractivity contribution >= 4 is 29.2 Å². The minimum Gasteiger partial charge on any atom is -0.495 e. The molecule has 1 aromatic carbocycles. The van der Waals surface area contributed by atoms with E-state index < -0.39 is 12.0 Å². The van der Waals surface area contributed by atoms with Crippen molar-refractivity contribution < 1.29 is 19.4 Å². The summed E-state index contributed by atoms with van der Waals surface area (Å²) >= 11 is 5.83. The molecule has 0 aliphatic rings. The van der Waals surface area contributed by atoms with Crippen LogP contribution in [-0.4, -0.2) is 36.7 Å². The van der Waals surface area contributed by atoms with Crippen LogP contribution in [0, 0.1) is 0 Å². The Bertz CT molecular complexity index is 479. The Balaban J connectivity index is 2.62. The van der Waals surface area contributed by atoms with Gasteiger partial charge >= 0.3 is 5.97 Å². The van der Waals surface area contributed by atoms with Crippen LogP contribution in [0.1, 0.15) is 6.92 Å². The molecule has 1 atom stereocenters. The maximum absolute atomic E-state index is 11.7. The maximum Gasteiger partial charge on any atom is 0.320 e. The summed E-state index contributed by atoms with van der Waals surface area (Å²) in [6, 6.07) is 4.03. The van der Waals surface area contributed by atoms with Crippen LogP contribution in [-0.2, 0) is 9.59 Å². The van der Waals surface area contributed by atoms with Crippen molar-refractivity contribution in [3.05, 3.63) is 23.2 Å². The fourth-order valence-electron chi connectivity index (χ4n) is 1.31. The first-order valence-corrected chi connectivity index (χ1v) is 5.91. The van der Waals surface area contributed by atoms with E-state index in [1.165, 1.54) is 14.0 Å². The quantitative estimate of drug-likeness (QED) is 0.735. The molecule has 0 saturated heterocycles.